The molecule has 24 heavy (non-hydrogen) atoms. The van der Waals surface area contributed by atoms with Crippen molar-refractivity contribution < 1.29 is 14.3 Å². The zero-order valence-corrected chi connectivity index (χ0v) is 14.0. The van der Waals surface area contributed by atoms with E-state index in [1.807, 2.05) is 47.9 Å². The number of carbonyl (C=O) groups excluding carboxylic acids is 1. The molecule has 0 aliphatic carbocycles. The minimum absolute atomic E-state index is 0.322. The summed E-state index contributed by atoms with van der Waals surface area (Å²) in [7, 11) is 1.56. The highest BCUT2D eigenvalue weighted by atomic mass is 16.5. The molecule has 0 fully saturated rings. The van der Waals surface area contributed by atoms with Crippen LogP contribution in [0.15, 0.2) is 42.5 Å². The maximum absolute atomic E-state index is 12.5. The van der Waals surface area contributed by atoms with Crippen LogP contribution >= 0.6 is 0 Å². The Balaban J connectivity index is 2.38. The van der Waals surface area contributed by atoms with Gasteiger partial charge in [0.15, 0.2) is 0 Å². The molecular weight excluding hydrogens is 304 g/mol. The molecule has 0 amide bonds. The molecule has 3 aromatic rings. The molecule has 0 saturated carbocycles. The van der Waals surface area contributed by atoms with Crippen LogP contribution in [-0.4, -0.2) is 24.3 Å². The van der Waals surface area contributed by atoms with Crippen LogP contribution in [0.2, 0.25) is 0 Å². The Morgan fingerprint density at radius 2 is 1.92 bits per heavy atom. The zero-order valence-electron chi connectivity index (χ0n) is 14.0. The molecule has 0 aliphatic heterocycles. The molecule has 0 atom stereocenters. The molecule has 1 aromatic heterocycles. The zero-order chi connectivity index (χ0) is 17.3. The van der Waals surface area contributed by atoms with Crippen LogP contribution in [0.1, 0.15) is 23.0 Å². The predicted octanol–water partition coefficient (Wildman–Crippen LogP) is 3.71. The first-order valence-corrected chi connectivity index (χ1v) is 7.79. The van der Waals surface area contributed by atoms with E-state index in [4.69, 9.17) is 15.2 Å². The van der Waals surface area contributed by atoms with Gasteiger partial charge in [0.25, 0.3) is 0 Å². The van der Waals surface area contributed by atoms with E-state index in [9.17, 15) is 4.79 Å². The Morgan fingerprint density at radius 3 is 2.54 bits per heavy atom. The molecule has 2 N–H and O–H groups in total. The fourth-order valence-electron chi connectivity index (χ4n) is 3.00. The van der Waals surface area contributed by atoms with Crippen molar-refractivity contribution in [2.45, 2.75) is 13.8 Å². The first kappa shape index (κ1) is 15.9. The van der Waals surface area contributed by atoms with Crippen molar-refractivity contribution in [1.82, 2.24) is 4.57 Å². The van der Waals surface area contributed by atoms with E-state index in [0.717, 1.165) is 22.3 Å². The van der Waals surface area contributed by atoms with Crippen molar-refractivity contribution in [1.29, 1.82) is 0 Å². The summed E-state index contributed by atoms with van der Waals surface area (Å²) in [6.45, 7) is 4.02. The number of ether oxygens (including phenoxy) is 2. The van der Waals surface area contributed by atoms with E-state index in [-0.39, 0.29) is 5.97 Å². The van der Waals surface area contributed by atoms with Gasteiger partial charge in [0.05, 0.1) is 30.5 Å². The lowest BCUT2D eigenvalue weighted by Crippen LogP contribution is -2.07. The quantitative estimate of drug-likeness (QED) is 0.587. The maximum Gasteiger partial charge on any atom is 0.340 e. The molecule has 3 rings (SSSR count). The SMILES string of the molecule is CCOC(=O)c1c(C)n(-c2ccccc2)c2cc(N)c(OC)cc12. The van der Waals surface area contributed by atoms with Crippen LogP contribution in [0.25, 0.3) is 16.6 Å². The van der Waals surface area contributed by atoms with Gasteiger partial charge in [0.2, 0.25) is 0 Å². The molecular formula is C19H20N2O3. The predicted molar refractivity (Wildman–Crippen MR) is 94.9 cm³/mol. The van der Waals surface area contributed by atoms with Crippen molar-refractivity contribution >= 4 is 22.6 Å². The number of anilines is 1. The van der Waals surface area contributed by atoms with E-state index >= 15 is 0 Å². The molecule has 1 heterocycles. The van der Waals surface area contributed by atoms with Gasteiger partial charge in [-0.15, -0.1) is 0 Å². The third-order valence-electron chi connectivity index (χ3n) is 4.05. The number of para-hydroxylation sites is 1. The van der Waals surface area contributed by atoms with Crippen molar-refractivity contribution in [3.63, 3.8) is 0 Å². The Kier molecular flexibility index (Phi) is 4.16. The van der Waals surface area contributed by atoms with Crippen LogP contribution in [0.3, 0.4) is 0 Å². The fraction of sp³-hybridized carbons (Fsp3) is 0.211. The number of aromatic nitrogens is 1. The van der Waals surface area contributed by atoms with Gasteiger partial charge in [0.1, 0.15) is 5.75 Å². The Hall–Kier alpha value is -2.95. The number of carbonyl (C=O) groups is 1. The van der Waals surface area contributed by atoms with E-state index in [1.165, 1.54) is 0 Å². The molecule has 0 spiro atoms. The normalized spacial score (nSPS) is 10.8. The average Bonchev–Trinajstić information content (AvgIpc) is 2.86. The van der Waals surface area contributed by atoms with E-state index in [0.29, 0.717) is 23.6 Å². The van der Waals surface area contributed by atoms with Crippen LogP contribution in [0.5, 0.6) is 5.75 Å². The Labute approximate surface area is 140 Å². The number of nitrogens with zero attached hydrogens (tertiary/aromatic N) is 1. The second kappa shape index (κ2) is 6.28. The number of nitrogen functional groups attached to an aromatic ring is 1. The molecule has 5 heteroatoms. The summed E-state index contributed by atoms with van der Waals surface area (Å²) in [6, 6.07) is 13.5. The average molecular weight is 324 g/mol. The number of benzene rings is 2. The van der Waals surface area contributed by atoms with Gasteiger partial charge in [-0.3, -0.25) is 0 Å². The summed E-state index contributed by atoms with van der Waals surface area (Å²) < 4.78 is 12.6. The van der Waals surface area contributed by atoms with Crippen molar-refractivity contribution in [2.75, 3.05) is 19.5 Å². The van der Waals surface area contributed by atoms with Crippen LogP contribution in [0.4, 0.5) is 5.69 Å². The number of fused-ring (bicyclic) bond motifs is 1. The third-order valence-corrected chi connectivity index (χ3v) is 4.05. The summed E-state index contributed by atoms with van der Waals surface area (Å²) in [5.74, 6) is 0.194. The van der Waals surface area contributed by atoms with Gasteiger partial charge in [-0.05, 0) is 38.1 Å². The molecule has 0 radical (unpaired) electrons. The number of esters is 1. The Morgan fingerprint density at radius 1 is 1.21 bits per heavy atom. The van der Waals surface area contributed by atoms with Gasteiger partial charge in [-0.25, -0.2) is 4.79 Å². The largest absolute Gasteiger partial charge is 0.495 e. The highest BCUT2D eigenvalue weighted by Gasteiger charge is 2.23. The topological polar surface area (TPSA) is 66.5 Å². The molecule has 2 aromatic carbocycles. The summed E-state index contributed by atoms with van der Waals surface area (Å²) in [5, 5.41) is 0.765. The summed E-state index contributed by atoms with van der Waals surface area (Å²) in [4.78, 5) is 12.5. The maximum atomic E-state index is 12.5. The first-order chi connectivity index (χ1) is 11.6. The lowest BCUT2D eigenvalue weighted by atomic mass is 10.1. The van der Waals surface area contributed by atoms with Crippen LogP contribution in [-0.2, 0) is 4.74 Å². The fourth-order valence-corrected chi connectivity index (χ4v) is 3.00. The second-order valence-corrected chi connectivity index (χ2v) is 5.46. The highest BCUT2D eigenvalue weighted by Crippen LogP contribution is 2.35. The Bertz CT molecular complexity index is 898. The summed E-state index contributed by atoms with van der Waals surface area (Å²) in [5.41, 5.74) is 9.76. The third kappa shape index (κ3) is 2.48. The van der Waals surface area contributed by atoms with Crippen LogP contribution in [0, 0.1) is 6.92 Å². The lowest BCUT2D eigenvalue weighted by molar-refractivity contribution is 0.0527. The number of rotatable bonds is 4. The van der Waals surface area contributed by atoms with Crippen molar-refractivity contribution in [3.05, 3.63) is 53.7 Å². The molecule has 5 nitrogen and oxygen atoms in total. The minimum Gasteiger partial charge on any atom is -0.495 e. The van der Waals surface area contributed by atoms with Gasteiger partial charge < -0.3 is 19.8 Å². The molecule has 0 aliphatic rings. The lowest BCUT2D eigenvalue weighted by Gasteiger charge is -2.09. The van der Waals surface area contributed by atoms with Gasteiger partial charge in [-0.2, -0.15) is 0 Å². The number of nitrogens with two attached hydrogens (primary N) is 1. The van der Waals surface area contributed by atoms with E-state index in [1.54, 1.807) is 20.1 Å². The van der Waals surface area contributed by atoms with Crippen molar-refractivity contribution in [3.8, 4) is 11.4 Å². The van der Waals surface area contributed by atoms with Gasteiger partial charge in [-0.1, -0.05) is 18.2 Å². The molecule has 0 saturated heterocycles. The highest BCUT2D eigenvalue weighted by molar-refractivity contribution is 6.07. The van der Waals surface area contributed by atoms with Crippen LogP contribution < -0.4 is 10.5 Å². The number of hydrogen-bond acceptors (Lipinski definition) is 4. The first-order valence-electron chi connectivity index (χ1n) is 7.79. The number of hydrogen-bond donors (Lipinski definition) is 1. The minimum atomic E-state index is -0.346. The van der Waals surface area contributed by atoms with Gasteiger partial charge >= 0.3 is 5.97 Å². The standard InChI is InChI=1S/C19H20N2O3/c1-4-24-19(22)18-12(2)21(13-8-6-5-7-9-13)16-11-15(20)17(23-3)10-14(16)18/h5-11H,4,20H2,1-3H3. The molecule has 0 bridgehead atoms. The van der Waals surface area contributed by atoms with E-state index in [2.05, 4.69) is 0 Å². The van der Waals surface area contributed by atoms with Gasteiger partial charge in [0, 0.05) is 16.8 Å². The molecule has 124 valence electrons. The monoisotopic (exact) mass is 324 g/mol. The van der Waals surface area contributed by atoms with E-state index < -0.39 is 0 Å². The second-order valence-electron chi connectivity index (χ2n) is 5.46. The number of methoxy groups -OCH3 is 1. The van der Waals surface area contributed by atoms with Crippen molar-refractivity contribution in [2.24, 2.45) is 0 Å². The molecule has 0 unspecified atom stereocenters. The summed E-state index contributed by atoms with van der Waals surface area (Å²) in [6.07, 6.45) is 0. The summed E-state index contributed by atoms with van der Waals surface area (Å²) >= 11 is 0. The smallest absolute Gasteiger partial charge is 0.340 e.